The van der Waals surface area contributed by atoms with Crippen LogP contribution >= 0.6 is 11.6 Å². The van der Waals surface area contributed by atoms with Crippen molar-refractivity contribution in [2.45, 2.75) is 20.8 Å². The van der Waals surface area contributed by atoms with Crippen LogP contribution in [0.3, 0.4) is 0 Å². The molecule has 1 heterocycles. The smallest absolute Gasteiger partial charge is 0.274 e. The zero-order valence-corrected chi connectivity index (χ0v) is 16.5. The highest BCUT2D eigenvalue weighted by molar-refractivity contribution is 6.31. The average molecular weight is 395 g/mol. The van der Waals surface area contributed by atoms with Gasteiger partial charge >= 0.3 is 0 Å². The van der Waals surface area contributed by atoms with Gasteiger partial charge in [-0.25, -0.2) is 9.97 Å². The summed E-state index contributed by atoms with van der Waals surface area (Å²) >= 11 is 6.01. The fourth-order valence-electron chi connectivity index (χ4n) is 2.63. The second kappa shape index (κ2) is 8.19. The fraction of sp³-hybridized carbons (Fsp3) is 0.143. The number of aryl methyl sites for hydroxylation is 2. The SMILES string of the molecule is CC(=O)c1cccc(Nc2cc(C(=O)Nc3cc(Cl)ccc3C)nc(C)n2)c1. The molecule has 6 nitrogen and oxygen atoms in total. The van der Waals surface area contributed by atoms with Crippen molar-refractivity contribution < 1.29 is 9.59 Å². The summed E-state index contributed by atoms with van der Waals surface area (Å²) in [6, 6.07) is 13.9. The zero-order chi connectivity index (χ0) is 20.3. The molecular formula is C21H19ClN4O2. The Labute approximate surface area is 168 Å². The van der Waals surface area contributed by atoms with Gasteiger partial charge in [0.1, 0.15) is 17.3 Å². The van der Waals surface area contributed by atoms with E-state index in [4.69, 9.17) is 11.6 Å². The van der Waals surface area contributed by atoms with E-state index in [-0.39, 0.29) is 17.4 Å². The number of hydrogen-bond acceptors (Lipinski definition) is 5. The number of carbonyl (C=O) groups is 2. The molecule has 3 rings (SSSR count). The number of nitrogens with one attached hydrogen (secondary N) is 2. The molecule has 3 aromatic rings. The van der Waals surface area contributed by atoms with Gasteiger partial charge in [0.05, 0.1) is 0 Å². The van der Waals surface area contributed by atoms with E-state index in [1.807, 2.05) is 19.1 Å². The number of carbonyl (C=O) groups excluding carboxylic acids is 2. The molecule has 0 radical (unpaired) electrons. The van der Waals surface area contributed by atoms with E-state index in [9.17, 15) is 9.59 Å². The summed E-state index contributed by atoms with van der Waals surface area (Å²) in [6.45, 7) is 5.10. The predicted octanol–water partition coefficient (Wildman–Crippen LogP) is 4.95. The first-order chi connectivity index (χ1) is 13.3. The third kappa shape index (κ3) is 4.72. The second-order valence-corrected chi connectivity index (χ2v) is 6.80. The number of anilines is 3. The minimum Gasteiger partial charge on any atom is -0.340 e. The maximum atomic E-state index is 12.7. The van der Waals surface area contributed by atoms with E-state index >= 15 is 0 Å². The molecule has 0 aliphatic carbocycles. The lowest BCUT2D eigenvalue weighted by Crippen LogP contribution is -2.16. The van der Waals surface area contributed by atoms with Crippen molar-refractivity contribution >= 4 is 40.5 Å². The highest BCUT2D eigenvalue weighted by atomic mass is 35.5. The van der Waals surface area contributed by atoms with Crippen LogP contribution in [-0.2, 0) is 0 Å². The molecule has 1 amide bonds. The van der Waals surface area contributed by atoms with Crippen LogP contribution in [0.5, 0.6) is 0 Å². The van der Waals surface area contributed by atoms with Crippen molar-refractivity contribution in [3.63, 3.8) is 0 Å². The van der Waals surface area contributed by atoms with Crippen LogP contribution in [0.15, 0.2) is 48.5 Å². The lowest BCUT2D eigenvalue weighted by molar-refractivity contribution is 0.101. The van der Waals surface area contributed by atoms with E-state index in [0.717, 1.165) is 5.56 Å². The van der Waals surface area contributed by atoms with Gasteiger partial charge in [-0.3, -0.25) is 9.59 Å². The van der Waals surface area contributed by atoms with Crippen molar-refractivity contribution in [2.75, 3.05) is 10.6 Å². The molecule has 0 unspecified atom stereocenters. The molecule has 2 N–H and O–H groups in total. The van der Waals surface area contributed by atoms with Crippen molar-refractivity contribution in [1.82, 2.24) is 9.97 Å². The summed E-state index contributed by atoms with van der Waals surface area (Å²) in [5.74, 6) is 0.512. The van der Waals surface area contributed by atoms with Gasteiger partial charge in [0.2, 0.25) is 0 Å². The normalized spacial score (nSPS) is 10.4. The molecule has 0 aliphatic heterocycles. The second-order valence-electron chi connectivity index (χ2n) is 6.36. The molecule has 0 spiro atoms. The van der Waals surface area contributed by atoms with Crippen molar-refractivity contribution in [3.05, 3.63) is 76.2 Å². The molecule has 0 bridgehead atoms. The molecule has 0 aliphatic rings. The number of nitrogens with zero attached hydrogens (tertiary/aromatic N) is 2. The molecular weight excluding hydrogens is 376 g/mol. The highest BCUT2D eigenvalue weighted by Crippen LogP contribution is 2.22. The van der Waals surface area contributed by atoms with Gasteiger partial charge in [0.15, 0.2) is 5.78 Å². The number of amides is 1. The Morgan fingerprint density at radius 2 is 1.79 bits per heavy atom. The van der Waals surface area contributed by atoms with E-state index in [2.05, 4.69) is 20.6 Å². The minimum atomic E-state index is -0.364. The van der Waals surface area contributed by atoms with Gasteiger partial charge in [0.25, 0.3) is 5.91 Å². The Bertz CT molecular complexity index is 1070. The van der Waals surface area contributed by atoms with Gasteiger partial charge in [0, 0.05) is 28.0 Å². The molecule has 0 saturated heterocycles. The van der Waals surface area contributed by atoms with Crippen LogP contribution in [0.1, 0.15) is 39.2 Å². The van der Waals surface area contributed by atoms with E-state index in [1.165, 1.54) is 6.92 Å². The standard InChI is InChI=1S/C21H19ClN4O2/c1-12-7-8-16(22)10-18(12)26-21(28)19-11-20(24-14(3)23-19)25-17-6-4-5-15(9-17)13(2)27/h4-11H,1-3H3,(H,26,28)(H,23,24,25). The number of aromatic nitrogens is 2. The van der Waals surface area contributed by atoms with Crippen LogP contribution in [-0.4, -0.2) is 21.7 Å². The van der Waals surface area contributed by atoms with Gasteiger partial charge in [-0.05, 0) is 50.6 Å². The van der Waals surface area contributed by atoms with Gasteiger partial charge in [-0.2, -0.15) is 0 Å². The van der Waals surface area contributed by atoms with Crippen LogP contribution in [0.25, 0.3) is 0 Å². The van der Waals surface area contributed by atoms with Crippen molar-refractivity contribution in [1.29, 1.82) is 0 Å². The maximum absolute atomic E-state index is 12.7. The monoisotopic (exact) mass is 394 g/mol. The largest absolute Gasteiger partial charge is 0.340 e. The summed E-state index contributed by atoms with van der Waals surface area (Å²) < 4.78 is 0. The summed E-state index contributed by atoms with van der Waals surface area (Å²) in [7, 11) is 0. The van der Waals surface area contributed by atoms with Gasteiger partial charge in [-0.1, -0.05) is 29.8 Å². The molecule has 0 atom stereocenters. The quantitative estimate of drug-likeness (QED) is 0.598. The highest BCUT2D eigenvalue weighted by Gasteiger charge is 2.13. The van der Waals surface area contributed by atoms with E-state index in [1.54, 1.807) is 43.3 Å². The minimum absolute atomic E-state index is 0.0283. The summed E-state index contributed by atoms with van der Waals surface area (Å²) in [4.78, 5) is 32.8. The lowest BCUT2D eigenvalue weighted by atomic mass is 10.1. The van der Waals surface area contributed by atoms with Gasteiger partial charge in [-0.15, -0.1) is 0 Å². The molecule has 2 aromatic carbocycles. The Balaban J connectivity index is 1.85. The Hall–Kier alpha value is -3.25. The number of ketones is 1. The first-order valence-electron chi connectivity index (χ1n) is 8.63. The molecule has 7 heteroatoms. The van der Waals surface area contributed by atoms with Gasteiger partial charge < -0.3 is 10.6 Å². The zero-order valence-electron chi connectivity index (χ0n) is 15.7. The summed E-state index contributed by atoms with van der Waals surface area (Å²) in [6.07, 6.45) is 0. The van der Waals surface area contributed by atoms with E-state index in [0.29, 0.717) is 33.6 Å². The topological polar surface area (TPSA) is 84.0 Å². The Kier molecular flexibility index (Phi) is 5.70. The van der Waals surface area contributed by atoms with E-state index < -0.39 is 0 Å². The molecule has 142 valence electrons. The molecule has 0 saturated carbocycles. The Morgan fingerprint density at radius 1 is 1.00 bits per heavy atom. The molecule has 1 aromatic heterocycles. The molecule has 28 heavy (non-hydrogen) atoms. The van der Waals surface area contributed by atoms with Crippen molar-refractivity contribution in [3.8, 4) is 0 Å². The fourth-order valence-corrected chi connectivity index (χ4v) is 2.80. The average Bonchev–Trinajstić information content (AvgIpc) is 2.64. The first-order valence-corrected chi connectivity index (χ1v) is 9.01. The summed E-state index contributed by atoms with van der Waals surface area (Å²) in [5.41, 5.74) is 3.02. The number of hydrogen-bond donors (Lipinski definition) is 2. The van der Waals surface area contributed by atoms with Crippen molar-refractivity contribution in [2.24, 2.45) is 0 Å². The van der Waals surface area contributed by atoms with Crippen LogP contribution in [0.2, 0.25) is 5.02 Å². The summed E-state index contributed by atoms with van der Waals surface area (Å²) in [5, 5.41) is 6.47. The number of halogens is 1. The lowest BCUT2D eigenvalue weighted by Gasteiger charge is -2.11. The number of Topliss-reactive ketones (excluding diaryl/α,β-unsaturated/α-hetero) is 1. The predicted molar refractivity (Wildman–Crippen MR) is 111 cm³/mol. The third-order valence-electron chi connectivity index (χ3n) is 4.06. The molecule has 0 fully saturated rings. The number of rotatable bonds is 5. The number of benzene rings is 2. The third-order valence-corrected chi connectivity index (χ3v) is 4.30. The maximum Gasteiger partial charge on any atom is 0.274 e. The van der Waals surface area contributed by atoms with Crippen LogP contribution in [0, 0.1) is 13.8 Å². The first kappa shape index (κ1) is 19.5. The Morgan fingerprint density at radius 3 is 2.54 bits per heavy atom. The van der Waals surface area contributed by atoms with Crippen LogP contribution in [0.4, 0.5) is 17.2 Å². The van der Waals surface area contributed by atoms with Crippen LogP contribution < -0.4 is 10.6 Å².